The highest BCUT2D eigenvalue weighted by atomic mass is 35.5. The molecule has 0 saturated carbocycles. The van der Waals surface area contributed by atoms with E-state index in [1.54, 1.807) is 42.5 Å². The van der Waals surface area contributed by atoms with Crippen LogP contribution in [0.4, 0.5) is 11.4 Å². The molecule has 2 aromatic rings. The Labute approximate surface area is 165 Å². The van der Waals surface area contributed by atoms with Crippen LogP contribution in [0.5, 0.6) is 5.75 Å². The van der Waals surface area contributed by atoms with Gasteiger partial charge in [-0.25, -0.2) is 0 Å². The van der Waals surface area contributed by atoms with Crippen molar-refractivity contribution in [1.82, 2.24) is 0 Å². The maximum atomic E-state index is 12.1. The second-order valence-electron chi connectivity index (χ2n) is 6.33. The van der Waals surface area contributed by atoms with Crippen molar-refractivity contribution in [2.24, 2.45) is 0 Å². The van der Waals surface area contributed by atoms with E-state index in [9.17, 15) is 9.59 Å². The predicted molar refractivity (Wildman–Crippen MR) is 110 cm³/mol. The standard InChI is InChI=1S/C21H25ClN2O3/c1-3-4-5-9-20(25)23-16-7-6-8-17(13-16)24-21(26)14-27-18-10-11-19(22)15(2)12-18/h6-8,10-13H,3-5,9,14H2,1-2H3,(H,23,25)(H,24,26). The minimum Gasteiger partial charge on any atom is -0.484 e. The lowest BCUT2D eigenvalue weighted by Gasteiger charge is -2.10. The SMILES string of the molecule is CCCCCC(=O)Nc1cccc(NC(=O)COc2ccc(Cl)c(C)c2)c1. The average Bonchev–Trinajstić information content (AvgIpc) is 2.63. The first-order chi connectivity index (χ1) is 13.0. The fourth-order valence-electron chi connectivity index (χ4n) is 2.49. The molecule has 0 bridgehead atoms. The maximum absolute atomic E-state index is 12.1. The fraction of sp³-hybridized carbons (Fsp3) is 0.333. The van der Waals surface area contributed by atoms with Crippen LogP contribution >= 0.6 is 11.6 Å². The van der Waals surface area contributed by atoms with Gasteiger partial charge in [0.1, 0.15) is 5.75 Å². The first-order valence-electron chi connectivity index (χ1n) is 9.06. The van der Waals surface area contributed by atoms with Crippen molar-refractivity contribution in [3.8, 4) is 5.75 Å². The number of anilines is 2. The molecule has 2 amide bonds. The molecule has 0 aliphatic heterocycles. The zero-order chi connectivity index (χ0) is 19.6. The second-order valence-corrected chi connectivity index (χ2v) is 6.74. The number of unbranched alkanes of at least 4 members (excludes halogenated alkanes) is 2. The Morgan fingerprint density at radius 2 is 1.70 bits per heavy atom. The number of rotatable bonds is 9. The third-order valence-electron chi connectivity index (χ3n) is 3.94. The molecule has 144 valence electrons. The summed E-state index contributed by atoms with van der Waals surface area (Å²) in [5.74, 6) is 0.280. The normalized spacial score (nSPS) is 10.3. The molecular weight excluding hydrogens is 364 g/mol. The van der Waals surface area contributed by atoms with Crippen molar-refractivity contribution >= 4 is 34.8 Å². The Hall–Kier alpha value is -2.53. The first kappa shape index (κ1) is 20.8. The minimum atomic E-state index is -0.283. The quantitative estimate of drug-likeness (QED) is 0.581. The van der Waals surface area contributed by atoms with Gasteiger partial charge in [-0.1, -0.05) is 37.4 Å². The van der Waals surface area contributed by atoms with Crippen molar-refractivity contribution in [1.29, 1.82) is 0 Å². The molecule has 0 spiro atoms. The highest BCUT2D eigenvalue weighted by Gasteiger charge is 2.07. The van der Waals surface area contributed by atoms with Crippen molar-refractivity contribution in [2.75, 3.05) is 17.2 Å². The molecule has 2 N–H and O–H groups in total. The predicted octanol–water partition coefficient (Wildman–Crippen LogP) is 5.18. The third-order valence-corrected chi connectivity index (χ3v) is 4.36. The van der Waals surface area contributed by atoms with Gasteiger partial charge in [0.25, 0.3) is 5.91 Å². The number of halogens is 1. The van der Waals surface area contributed by atoms with Gasteiger partial charge in [0, 0.05) is 22.8 Å². The third kappa shape index (κ3) is 7.31. The van der Waals surface area contributed by atoms with Gasteiger partial charge in [-0.05, 0) is 55.3 Å². The Kier molecular flexibility index (Phi) is 8.14. The monoisotopic (exact) mass is 388 g/mol. The molecule has 0 saturated heterocycles. The van der Waals surface area contributed by atoms with E-state index in [0.29, 0.717) is 28.6 Å². The molecule has 0 aliphatic carbocycles. The molecule has 0 atom stereocenters. The lowest BCUT2D eigenvalue weighted by Crippen LogP contribution is -2.20. The van der Waals surface area contributed by atoms with Crippen molar-refractivity contribution in [3.05, 3.63) is 53.1 Å². The number of aryl methyl sites for hydroxylation is 1. The number of ether oxygens (including phenoxy) is 1. The zero-order valence-corrected chi connectivity index (χ0v) is 16.4. The molecule has 0 unspecified atom stereocenters. The molecule has 6 heteroatoms. The highest BCUT2D eigenvalue weighted by Crippen LogP contribution is 2.21. The van der Waals surface area contributed by atoms with Gasteiger partial charge in [-0.15, -0.1) is 0 Å². The first-order valence-corrected chi connectivity index (χ1v) is 9.44. The van der Waals surface area contributed by atoms with Crippen LogP contribution in [-0.2, 0) is 9.59 Å². The van der Waals surface area contributed by atoms with Crippen LogP contribution in [0.1, 0.15) is 38.2 Å². The number of carbonyl (C=O) groups excluding carboxylic acids is 2. The number of benzene rings is 2. The summed E-state index contributed by atoms with van der Waals surface area (Å²) in [5, 5.41) is 6.27. The van der Waals surface area contributed by atoms with Crippen molar-refractivity contribution in [3.63, 3.8) is 0 Å². The van der Waals surface area contributed by atoms with Crippen LogP contribution in [0, 0.1) is 6.92 Å². The minimum absolute atomic E-state index is 0.0200. The molecular formula is C21H25ClN2O3. The van der Waals surface area contributed by atoms with E-state index in [2.05, 4.69) is 17.6 Å². The van der Waals surface area contributed by atoms with E-state index in [1.165, 1.54) is 0 Å². The summed E-state index contributed by atoms with van der Waals surface area (Å²) in [6.45, 7) is 3.86. The van der Waals surface area contributed by atoms with Crippen LogP contribution in [0.25, 0.3) is 0 Å². The van der Waals surface area contributed by atoms with Gasteiger partial charge in [-0.3, -0.25) is 9.59 Å². The Balaban J connectivity index is 1.84. The number of nitrogens with one attached hydrogen (secondary N) is 2. The molecule has 2 aromatic carbocycles. The smallest absolute Gasteiger partial charge is 0.262 e. The van der Waals surface area contributed by atoms with Crippen molar-refractivity contribution in [2.45, 2.75) is 39.5 Å². The van der Waals surface area contributed by atoms with Crippen LogP contribution < -0.4 is 15.4 Å². The van der Waals surface area contributed by atoms with Crippen LogP contribution in [-0.4, -0.2) is 18.4 Å². The number of carbonyl (C=O) groups is 2. The fourth-order valence-corrected chi connectivity index (χ4v) is 2.60. The number of hydrogen-bond acceptors (Lipinski definition) is 3. The van der Waals surface area contributed by atoms with Crippen LogP contribution in [0.2, 0.25) is 5.02 Å². The van der Waals surface area contributed by atoms with Gasteiger partial charge in [0.15, 0.2) is 6.61 Å². The van der Waals surface area contributed by atoms with E-state index in [-0.39, 0.29) is 18.4 Å². The van der Waals surface area contributed by atoms with E-state index in [0.717, 1.165) is 24.8 Å². The lowest BCUT2D eigenvalue weighted by atomic mass is 10.2. The maximum Gasteiger partial charge on any atom is 0.262 e. The van der Waals surface area contributed by atoms with Gasteiger partial charge < -0.3 is 15.4 Å². The molecule has 0 heterocycles. The molecule has 0 aliphatic rings. The summed E-state index contributed by atoms with van der Waals surface area (Å²) < 4.78 is 5.49. The molecule has 5 nitrogen and oxygen atoms in total. The average molecular weight is 389 g/mol. The Morgan fingerprint density at radius 3 is 2.37 bits per heavy atom. The van der Waals surface area contributed by atoms with E-state index in [4.69, 9.17) is 16.3 Å². The molecule has 0 fully saturated rings. The van der Waals surface area contributed by atoms with Crippen molar-refractivity contribution < 1.29 is 14.3 Å². The second kappa shape index (κ2) is 10.6. The lowest BCUT2D eigenvalue weighted by molar-refractivity contribution is -0.118. The molecule has 0 radical (unpaired) electrons. The topological polar surface area (TPSA) is 67.4 Å². The molecule has 0 aromatic heterocycles. The number of hydrogen-bond donors (Lipinski definition) is 2. The number of amides is 2. The highest BCUT2D eigenvalue weighted by molar-refractivity contribution is 6.31. The molecule has 27 heavy (non-hydrogen) atoms. The van der Waals surface area contributed by atoms with Gasteiger partial charge in [-0.2, -0.15) is 0 Å². The van der Waals surface area contributed by atoms with Gasteiger partial charge in [0.2, 0.25) is 5.91 Å². The van der Waals surface area contributed by atoms with E-state index in [1.807, 2.05) is 6.92 Å². The summed E-state index contributed by atoms with van der Waals surface area (Å²) in [4.78, 5) is 24.0. The largest absolute Gasteiger partial charge is 0.484 e. The summed E-state index contributed by atoms with van der Waals surface area (Å²) >= 11 is 5.97. The van der Waals surface area contributed by atoms with E-state index < -0.39 is 0 Å². The summed E-state index contributed by atoms with van der Waals surface area (Å²) in [7, 11) is 0. The van der Waals surface area contributed by atoms with E-state index >= 15 is 0 Å². The van der Waals surface area contributed by atoms with Crippen LogP contribution in [0.3, 0.4) is 0 Å². The zero-order valence-electron chi connectivity index (χ0n) is 15.7. The van der Waals surface area contributed by atoms with Gasteiger partial charge >= 0.3 is 0 Å². The van der Waals surface area contributed by atoms with Gasteiger partial charge in [0.05, 0.1) is 0 Å². The van der Waals surface area contributed by atoms with Crippen LogP contribution in [0.15, 0.2) is 42.5 Å². The summed E-state index contributed by atoms with van der Waals surface area (Å²) in [6, 6.07) is 12.3. The Bertz CT molecular complexity index is 793. The Morgan fingerprint density at radius 1 is 1.00 bits per heavy atom. The summed E-state index contributed by atoms with van der Waals surface area (Å²) in [5.41, 5.74) is 2.14. The molecule has 2 rings (SSSR count). The summed E-state index contributed by atoms with van der Waals surface area (Å²) in [6.07, 6.45) is 3.49.